The van der Waals surface area contributed by atoms with Crippen LogP contribution in [0.3, 0.4) is 0 Å². The fourth-order valence-electron chi connectivity index (χ4n) is 2.11. The Bertz CT molecular complexity index is 765. The Kier molecular flexibility index (Phi) is 3.66. The Balaban J connectivity index is 2.11. The van der Waals surface area contributed by atoms with E-state index >= 15 is 0 Å². The van der Waals surface area contributed by atoms with Crippen molar-refractivity contribution in [2.75, 3.05) is 21.3 Å². The van der Waals surface area contributed by atoms with Crippen LogP contribution in [0.15, 0.2) is 36.4 Å². The lowest BCUT2D eigenvalue weighted by atomic mass is 10.2. The quantitative estimate of drug-likeness (QED) is 0.730. The third-order valence-corrected chi connectivity index (χ3v) is 4.28. The second-order valence-electron chi connectivity index (χ2n) is 4.42. The van der Waals surface area contributed by atoms with Crippen LogP contribution in [0.4, 0.5) is 0 Å². The van der Waals surface area contributed by atoms with Gasteiger partial charge in [0.1, 0.15) is 27.8 Å². The van der Waals surface area contributed by atoms with Crippen LogP contribution in [0.5, 0.6) is 17.2 Å². The zero-order valence-corrected chi connectivity index (χ0v) is 12.9. The van der Waals surface area contributed by atoms with Gasteiger partial charge in [-0.25, -0.2) is 4.98 Å². The number of hydrogen-bond donors (Lipinski definition) is 0. The largest absolute Gasteiger partial charge is 0.497 e. The zero-order chi connectivity index (χ0) is 14.8. The molecule has 4 nitrogen and oxygen atoms in total. The molecule has 0 radical (unpaired) electrons. The number of hydrogen-bond acceptors (Lipinski definition) is 5. The summed E-state index contributed by atoms with van der Waals surface area (Å²) in [7, 11) is 4.94. The van der Waals surface area contributed by atoms with Gasteiger partial charge in [0.05, 0.1) is 26.0 Å². The highest BCUT2D eigenvalue weighted by Crippen LogP contribution is 2.38. The number of nitrogens with zero attached hydrogens (tertiary/aromatic N) is 1. The average Bonchev–Trinajstić information content (AvgIpc) is 2.97. The molecule has 108 valence electrons. The second-order valence-corrected chi connectivity index (χ2v) is 5.45. The molecular weight excluding hydrogens is 286 g/mol. The van der Waals surface area contributed by atoms with Crippen molar-refractivity contribution in [3.05, 3.63) is 36.4 Å². The second kappa shape index (κ2) is 5.61. The Morgan fingerprint density at radius 1 is 0.857 bits per heavy atom. The van der Waals surface area contributed by atoms with E-state index in [4.69, 9.17) is 14.2 Å². The average molecular weight is 301 g/mol. The lowest BCUT2D eigenvalue weighted by Crippen LogP contribution is -1.88. The van der Waals surface area contributed by atoms with E-state index in [0.29, 0.717) is 0 Å². The van der Waals surface area contributed by atoms with Gasteiger partial charge in [-0.2, -0.15) is 0 Å². The third kappa shape index (κ3) is 2.52. The molecule has 0 amide bonds. The van der Waals surface area contributed by atoms with Gasteiger partial charge in [-0.15, -0.1) is 11.3 Å². The maximum absolute atomic E-state index is 5.40. The smallest absolute Gasteiger partial charge is 0.149 e. The molecule has 0 aliphatic heterocycles. The molecule has 0 fully saturated rings. The monoisotopic (exact) mass is 301 g/mol. The van der Waals surface area contributed by atoms with Crippen LogP contribution in [-0.2, 0) is 0 Å². The third-order valence-electron chi connectivity index (χ3n) is 3.23. The van der Waals surface area contributed by atoms with Gasteiger partial charge in [0.15, 0.2) is 0 Å². The molecule has 2 aromatic carbocycles. The number of methoxy groups -OCH3 is 3. The van der Waals surface area contributed by atoms with E-state index in [1.165, 1.54) is 0 Å². The molecular formula is C16H15NO3S. The summed E-state index contributed by atoms with van der Waals surface area (Å²) in [6.07, 6.45) is 0. The van der Waals surface area contributed by atoms with Crippen molar-refractivity contribution < 1.29 is 14.2 Å². The first kappa shape index (κ1) is 13.7. The molecule has 21 heavy (non-hydrogen) atoms. The van der Waals surface area contributed by atoms with Crippen LogP contribution in [0.2, 0.25) is 0 Å². The molecule has 0 aliphatic carbocycles. The summed E-state index contributed by atoms with van der Waals surface area (Å²) in [4.78, 5) is 4.68. The highest BCUT2D eigenvalue weighted by atomic mass is 32.1. The Labute approximate surface area is 126 Å². The lowest BCUT2D eigenvalue weighted by Gasteiger charge is -2.03. The van der Waals surface area contributed by atoms with Gasteiger partial charge < -0.3 is 14.2 Å². The van der Waals surface area contributed by atoms with Crippen LogP contribution in [0, 0.1) is 0 Å². The Morgan fingerprint density at radius 3 is 2.19 bits per heavy atom. The topological polar surface area (TPSA) is 40.6 Å². The minimum Gasteiger partial charge on any atom is -0.497 e. The minimum absolute atomic E-state index is 0.723. The first-order chi connectivity index (χ1) is 10.2. The molecule has 1 heterocycles. The Hall–Kier alpha value is -2.27. The molecule has 0 atom stereocenters. The van der Waals surface area contributed by atoms with E-state index in [-0.39, 0.29) is 0 Å². The summed E-state index contributed by atoms with van der Waals surface area (Å²) < 4.78 is 16.9. The summed E-state index contributed by atoms with van der Waals surface area (Å²) in [5.41, 5.74) is 1.91. The summed E-state index contributed by atoms with van der Waals surface area (Å²) in [6, 6.07) is 11.7. The SMILES string of the molecule is COc1ccc(-c2nc3c(OC)cc(OC)cc3s2)cc1. The molecule has 0 N–H and O–H groups in total. The van der Waals surface area contributed by atoms with Crippen molar-refractivity contribution in [1.29, 1.82) is 0 Å². The molecule has 5 heteroatoms. The molecule has 0 unspecified atom stereocenters. The van der Waals surface area contributed by atoms with E-state index in [1.54, 1.807) is 32.7 Å². The first-order valence-corrected chi connectivity index (χ1v) is 7.24. The molecule has 1 aromatic heterocycles. The molecule has 0 saturated heterocycles. The van der Waals surface area contributed by atoms with Gasteiger partial charge >= 0.3 is 0 Å². The standard InChI is InChI=1S/C16H15NO3S/c1-18-11-6-4-10(5-7-11)16-17-15-13(20-3)8-12(19-2)9-14(15)21-16/h4-9H,1-3H3. The number of rotatable bonds is 4. The van der Waals surface area contributed by atoms with Gasteiger partial charge in [0, 0.05) is 11.6 Å². The van der Waals surface area contributed by atoms with E-state index < -0.39 is 0 Å². The number of aromatic nitrogens is 1. The zero-order valence-electron chi connectivity index (χ0n) is 12.0. The maximum atomic E-state index is 5.40. The van der Waals surface area contributed by atoms with Crippen molar-refractivity contribution in [2.24, 2.45) is 0 Å². The summed E-state index contributed by atoms with van der Waals surface area (Å²) in [5, 5.41) is 0.944. The van der Waals surface area contributed by atoms with E-state index in [9.17, 15) is 0 Å². The molecule has 0 saturated carbocycles. The predicted molar refractivity (Wildman–Crippen MR) is 84.7 cm³/mol. The van der Waals surface area contributed by atoms with Crippen LogP contribution < -0.4 is 14.2 Å². The molecule has 3 aromatic rings. The number of ether oxygens (including phenoxy) is 3. The highest BCUT2D eigenvalue weighted by molar-refractivity contribution is 7.21. The molecule has 0 spiro atoms. The van der Waals surface area contributed by atoms with Crippen LogP contribution >= 0.6 is 11.3 Å². The normalized spacial score (nSPS) is 10.6. The highest BCUT2D eigenvalue weighted by Gasteiger charge is 2.12. The van der Waals surface area contributed by atoms with Crippen LogP contribution in [0.1, 0.15) is 0 Å². The van der Waals surface area contributed by atoms with Crippen molar-refractivity contribution in [1.82, 2.24) is 4.98 Å². The van der Waals surface area contributed by atoms with Gasteiger partial charge in [-0.1, -0.05) is 0 Å². The number of thiazole rings is 1. The molecule has 0 aliphatic rings. The predicted octanol–water partition coefficient (Wildman–Crippen LogP) is 3.99. The lowest BCUT2D eigenvalue weighted by molar-refractivity contribution is 0.397. The van der Waals surface area contributed by atoms with Crippen molar-refractivity contribution in [2.45, 2.75) is 0 Å². The summed E-state index contributed by atoms with van der Waals surface area (Å²) in [6.45, 7) is 0. The van der Waals surface area contributed by atoms with Gasteiger partial charge in [-0.3, -0.25) is 0 Å². The molecule has 3 rings (SSSR count). The summed E-state index contributed by atoms with van der Waals surface area (Å²) >= 11 is 1.61. The molecule has 0 bridgehead atoms. The van der Waals surface area contributed by atoms with Crippen LogP contribution in [-0.4, -0.2) is 26.3 Å². The maximum Gasteiger partial charge on any atom is 0.149 e. The fraction of sp³-hybridized carbons (Fsp3) is 0.188. The van der Waals surface area contributed by atoms with Crippen molar-refractivity contribution in [3.63, 3.8) is 0 Å². The Morgan fingerprint density at radius 2 is 1.57 bits per heavy atom. The van der Waals surface area contributed by atoms with Crippen molar-refractivity contribution in [3.8, 4) is 27.8 Å². The van der Waals surface area contributed by atoms with Gasteiger partial charge in [-0.05, 0) is 30.3 Å². The fourth-order valence-corrected chi connectivity index (χ4v) is 3.12. The van der Waals surface area contributed by atoms with E-state index in [0.717, 1.165) is 38.0 Å². The van der Waals surface area contributed by atoms with Gasteiger partial charge in [0.25, 0.3) is 0 Å². The van der Waals surface area contributed by atoms with Crippen LogP contribution in [0.25, 0.3) is 20.8 Å². The van der Waals surface area contributed by atoms with E-state index in [2.05, 4.69) is 4.98 Å². The van der Waals surface area contributed by atoms with E-state index in [1.807, 2.05) is 36.4 Å². The summed E-state index contributed by atoms with van der Waals surface area (Å²) in [5.74, 6) is 2.32. The number of benzene rings is 2. The first-order valence-electron chi connectivity index (χ1n) is 6.42. The minimum atomic E-state index is 0.723. The van der Waals surface area contributed by atoms with Crippen molar-refractivity contribution >= 4 is 21.6 Å². The van der Waals surface area contributed by atoms with Gasteiger partial charge in [0.2, 0.25) is 0 Å². The number of fused-ring (bicyclic) bond motifs is 1.